The molecule has 12 heteroatoms. The first-order chi connectivity index (χ1) is 21.0. The van der Waals surface area contributed by atoms with Crippen molar-refractivity contribution in [1.29, 1.82) is 0 Å². The number of benzene rings is 4. The van der Waals surface area contributed by atoms with Crippen LogP contribution in [0.25, 0.3) is 89.7 Å². The first-order valence-corrected chi connectivity index (χ1v) is 13.4. The number of nitrogens with zero attached hydrogens (tertiary/aromatic N) is 6. The van der Waals surface area contributed by atoms with Gasteiger partial charge in [0.15, 0.2) is 34.8 Å². The van der Waals surface area contributed by atoms with Crippen LogP contribution in [-0.2, 0) is 22.4 Å². The van der Waals surface area contributed by atoms with Gasteiger partial charge >= 0.3 is 22.4 Å². The Morgan fingerprint density at radius 3 is 1.30 bits per heavy atom. The standard InChI is InChI=1S/C32H18N8O3.Ag/c41-21-13-20-22(24(43)23(21)42)32-39-30-19-12-6-5-11-18(19)28(37-30)35-26-15-8-2-1-7-14(15)25(33-26)34-27-16-9-3-4-10-17(16)29(36-27)38-31(20)40-32;/h1-13,41-43H,(H2,33,34,35,36,37,38,39,40);/q;+1. The number of hydrogen-bond acceptors (Lipinski definition) is 9. The summed E-state index contributed by atoms with van der Waals surface area (Å²) in [7, 11) is 0. The van der Waals surface area contributed by atoms with E-state index in [0.29, 0.717) is 40.0 Å². The van der Waals surface area contributed by atoms with Gasteiger partial charge in [-0.1, -0.05) is 72.8 Å². The number of phenolic OH excluding ortho intramolecular Hbond substituents is 3. The van der Waals surface area contributed by atoms with Crippen molar-refractivity contribution in [3.8, 4) is 62.8 Å². The Bertz CT molecular complexity index is 2520. The van der Waals surface area contributed by atoms with Gasteiger partial charge in [0.1, 0.15) is 22.6 Å². The minimum atomic E-state index is -0.663. The van der Waals surface area contributed by atoms with Crippen molar-refractivity contribution in [3.63, 3.8) is 0 Å². The molecule has 44 heavy (non-hydrogen) atoms. The first kappa shape index (κ1) is 26.0. The Hall–Kier alpha value is -5.62. The van der Waals surface area contributed by atoms with E-state index >= 15 is 0 Å². The van der Waals surface area contributed by atoms with Gasteiger partial charge < -0.3 is 25.3 Å². The van der Waals surface area contributed by atoms with Crippen LogP contribution in [0.1, 0.15) is 0 Å². The summed E-state index contributed by atoms with van der Waals surface area (Å²) in [5.41, 5.74) is 4.71. The number of rotatable bonds is 0. The monoisotopic (exact) mass is 669 g/mol. The first-order valence-electron chi connectivity index (χ1n) is 13.4. The van der Waals surface area contributed by atoms with Gasteiger partial charge in [-0.05, 0) is 6.07 Å². The molecule has 0 saturated carbocycles. The number of phenols is 3. The van der Waals surface area contributed by atoms with Crippen molar-refractivity contribution in [3.05, 3.63) is 78.9 Å². The topological polar surface area (TPSA) is 170 Å². The predicted molar refractivity (Wildman–Crippen MR) is 161 cm³/mol. The summed E-state index contributed by atoms with van der Waals surface area (Å²) in [4.78, 5) is 35.6. The number of aromatic amines is 2. The van der Waals surface area contributed by atoms with Crippen LogP contribution in [0, 0.1) is 0 Å². The summed E-state index contributed by atoms with van der Waals surface area (Å²) in [5, 5.41) is 34.0. The third-order valence-electron chi connectivity index (χ3n) is 7.77. The zero-order chi connectivity index (χ0) is 28.8. The molecular formula is C32H18AgN8O3+. The Labute approximate surface area is 262 Å². The average molecular weight is 670 g/mol. The molecule has 5 heterocycles. The van der Waals surface area contributed by atoms with Crippen molar-refractivity contribution in [2.75, 3.05) is 0 Å². The van der Waals surface area contributed by atoms with Crippen molar-refractivity contribution < 1.29 is 37.7 Å². The van der Waals surface area contributed by atoms with Crippen LogP contribution in [0.3, 0.4) is 0 Å². The number of aromatic nitrogens is 8. The van der Waals surface area contributed by atoms with Crippen LogP contribution in [0.15, 0.2) is 78.9 Å². The van der Waals surface area contributed by atoms with Crippen LogP contribution in [0.4, 0.5) is 0 Å². The van der Waals surface area contributed by atoms with Gasteiger partial charge in [-0.3, -0.25) is 0 Å². The minimum absolute atomic E-state index is 0. The smallest absolute Gasteiger partial charge is 0.504 e. The predicted octanol–water partition coefficient (Wildman–Crippen LogP) is 5.98. The van der Waals surface area contributed by atoms with Crippen molar-refractivity contribution >= 4 is 44.1 Å². The summed E-state index contributed by atoms with van der Waals surface area (Å²) < 4.78 is 0. The molecule has 0 fully saturated rings. The number of hydrogen-bond donors (Lipinski definition) is 5. The second kappa shape index (κ2) is 9.44. The van der Waals surface area contributed by atoms with Gasteiger partial charge in [0.2, 0.25) is 5.75 Å². The fourth-order valence-electron chi connectivity index (χ4n) is 5.76. The molecule has 214 valence electrons. The maximum Gasteiger partial charge on any atom is 1.00 e. The summed E-state index contributed by atoms with van der Waals surface area (Å²) in [6, 6.07) is 24.4. The molecule has 3 aromatic heterocycles. The largest absolute Gasteiger partial charge is 1.00 e. The second-order valence-corrected chi connectivity index (χ2v) is 10.3. The molecule has 11 nitrogen and oxygen atoms in total. The van der Waals surface area contributed by atoms with Gasteiger partial charge in [0.05, 0.1) is 5.39 Å². The number of nitrogens with one attached hydrogen (secondary N) is 2. The normalized spacial score (nSPS) is 11.7. The molecule has 8 bridgehead atoms. The minimum Gasteiger partial charge on any atom is -0.504 e. The van der Waals surface area contributed by atoms with Crippen LogP contribution >= 0.6 is 0 Å². The molecule has 9 rings (SSSR count). The van der Waals surface area contributed by atoms with Crippen LogP contribution < -0.4 is 0 Å². The SMILES string of the molecule is Oc1cc2c3nc4nc(nc5[nH]c(nc6nc(nc([nH]3)c2c(O)c1O)-c1ccccc1-6)c1ccccc51)-c1ccccc1-4.[Ag+]. The summed E-state index contributed by atoms with van der Waals surface area (Å²) in [5.74, 6) is -0.0602. The van der Waals surface area contributed by atoms with E-state index in [1.54, 1.807) is 0 Å². The molecule has 5 N–H and O–H groups in total. The van der Waals surface area contributed by atoms with Crippen LogP contribution in [0.5, 0.6) is 17.2 Å². The van der Waals surface area contributed by atoms with E-state index in [1.165, 1.54) is 6.07 Å². The molecular weight excluding hydrogens is 652 g/mol. The van der Waals surface area contributed by atoms with Crippen molar-refractivity contribution in [2.24, 2.45) is 0 Å². The van der Waals surface area contributed by atoms with Crippen LogP contribution in [0.2, 0.25) is 0 Å². The zero-order valence-corrected chi connectivity index (χ0v) is 23.8. The molecule has 0 unspecified atom stereocenters. The van der Waals surface area contributed by atoms with Gasteiger partial charge in [-0.25, -0.2) is 29.9 Å². The second-order valence-electron chi connectivity index (χ2n) is 10.3. The fourth-order valence-corrected chi connectivity index (χ4v) is 5.76. The number of fused-ring (bicyclic) bond motifs is 20. The summed E-state index contributed by atoms with van der Waals surface area (Å²) in [6.45, 7) is 0. The van der Waals surface area contributed by atoms with Crippen LogP contribution in [-0.4, -0.2) is 55.2 Å². The van der Waals surface area contributed by atoms with Gasteiger partial charge in [0.25, 0.3) is 0 Å². The third kappa shape index (κ3) is 3.67. The molecule has 4 aromatic carbocycles. The molecule has 0 aliphatic carbocycles. The van der Waals surface area contributed by atoms with E-state index in [1.807, 2.05) is 72.8 Å². The molecule has 0 spiro atoms. The molecule has 2 aliphatic rings. The van der Waals surface area contributed by atoms with E-state index in [-0.39, 0.29) is 39.1 Å². The van der Waals surface area contributed by atoms with Crippen molar-refractivity contribution in [2.45, 2.75) is 0 Å². The molecule has 7 aromatic rings. The van der Waals surface area contributed by atoms with Gasteiger partial charge in [-0.2, -0.15) is 0 Å². The summed E-state index contributed by atoms with van der Waals surface area (Å²) >= 11 is 0. The Kier molecular flexibility index (Phi) is 5.59. The van der Waals surface area contributed by atoms with E-state index in [9.17, 15) is 15.3 Å². The average Bonchev–Trinajstić information content (AvgIpc) is 3.75. The van der Waals surface area contributed by atoms with E-state index in [0.717, 1.165) is 33.0 Å². The van der Waals surface area contributed by atoms with Crippen molar-refractivity contribution in [1.82, 2.24) is 39.9 Å². The third-order valence-corrected chi connectivity index (χ3v) is 7.77. The molecule has 0 amide bonds. The number of aromatic hydroxyl groups is 3. The maximum absolute atomic E-state index is 11.0. The van der Waals surface area contributed by atoms with Gasteiger partial charge in [-0.15, -0.1) is 0 Å². The Morgan fingerprint density at radius 2 is 0.818 bits per heavy atom. The van der Waals surface area contributed by atoms with E-state index in [2.05, 4.69) is 9.97 Å². The summed E-state index contributed by atoms with van der Waals surface area (Å²) in [6.07, 6.45) is 0. The molecule has 0 saturated heterocycles. The quantitative estimate of drug-likeness (QED) is 0.0962. The molecule has 2 aliphatic heterocycles. The van der Waals surface area contributed by atoms with E-state index < -0.39 is 17.2 Å². The zero-order valence-electron chi connectivity index (χ0n) is 22.3. The molecule has 0 radical (unpaired) electrons. The Balaban J connectivity index is 0.00000289. The fraction of sp³-hybridized carbons (Fsp3) is 0. The van der Waals surface area contributed by atoms with Gasteiger partial charge in [0, 0.05) is 38.4 Å². The molecule has 0 atom stereocenters. The maximum atomic E-state index is 11.0. The number of H-pyrrole nitrogens is 2. The Morgan fingerprint density at radius 1 is 0.432 bits per heavy atom. The van der Waals surface area contributed by atoms with E-state index in [4.69, 9.17) is 29.9 Å².